The molecule has 1 aliphatic rings. The van der Waals surface area contributed by atoms with Gasteiger partial charge in [-0.3, -0.25) is 4.79 Å². The number of rotatable bonds is 2. The summed E-state index contributed by atoms with van der Waals surface area (Å²) in [6.45, 7) is 0. The summed E-state index contributed by atoms with van der Waals surface area (Å²) >= 11 is 0. The van der Waals surface area contributed by atoms with Gasteiger partial charge in [0.05, 0.1) is 7.11 Å². The average molecular weight is 304 g/mol. The minimum absolute atomic E-state index is 0.426. The Kier molecular flexibility index (Phi) is 3.43. The summed E-state index contributed by atoms with van der Waals surface area (Å²) in [5.74, 6) is 0.208. The number of methoxy groups -OCH3 is 1. The number of benzene rings is 2. The number of ether oxygens (including phenoxy) is 1. The fraction of sp³-hybridized carbons (Fsp3) is 0.133. The zero-order valence-corrected chi connectivity index (χ0v) is 12.2. The highest BCUT2D eigenvalue weighted by Crippen LogP contribution is 2.55. The Hall–Kier alpha value is -2.26. The maximum Gasteiger partial charge on any atom is 0.441 e. The van der Waals surface area contributed by atoms with Crippen molar-refractivity contribution in [1.29, 1.82) is 0 Å². The summed E-state index contributed by atoms with van der Waals surface area (Å²) in [7, 11) is -2.44. The molecule has 0 saturated heterocycles. The van der Waals surface area contributed by atoms with Gasteiger partial charge in [-0.25, -0.2) is 4.57 Å². The Labute approximate surface area is 122 Å². The molecule has 3 rings (SSSR count). The molecule has 5 nitrogen and oxygen atoms in total. The smallest absolute Gasteiger partial charge is 0.441 e. The molecular formula is C15H13O5P. The van der Waals surface area contributed by atoms with E-state index < -0.39 is 19.7 Å². The lowest BCUT2D eigenvalue weighted by atomic mass is 10.0. The van der Waals surface area contributed by atoms with Crippen LogP contribution >= 0.6 is 7.60 Å². The van der Waals surface area contributed by atoms with Gasteiger partial charge in [-0.2, -0.15) is 0 Å². The molecule has 0 aliphatic carbocycles. The van der Waals surface area contributed by atoms with Crippen LogP contribution in [0, 0.1) is 0 Å². The van der Waals surface area contributed by atoms with Crippen molar-refractivity contribution >= 4 is 13.6 Å². The van der Waals surface area contributed by atoms with Crippen LogP contribution in [0.15, 0.2) is 48.5 Å². The quantitative estimate of drug-likeness (QED) is 0.628. The van der Waals surface area contributed by atoms with Crippen molar-refractivity contribution < 1.29 is 23.1 Å². The first-order valence-corrected chi connectivity index (χ1v) is 8.07. The predicted molar refractivity (Wildman–Crippen MR) is 77.6 cm³/mol. The first-order valence-electron chi connectivity index (χ1n) is 6.35. The Bertz CT molecular complexity index is 689. The van der Waals surface area contributed by atoms with Gasteiger partial charge in [0.15, 0.2) is 6.16 Å². The van der Waals surface area contributed by atoms with Gasteiger partial charge < -0.3 is 13.8 Å². The van der Waals surface area contributed by atoms with E-state index in [0.717, 1.165) is 11.1 Å². The van der Waals surface area contributed by atoms with Gasteiger partial charge in [0.2, 0.25) is 0 Å². The molecule has 0 amide bonds. The van der Waals surface area contributed by atoms with E-state index in [1.807, 2.05) is 24.3 Å². The van der Waals surface area contributed by atoms with E-state index in [-0.39, 0.29) is 0 Å². The summed E-state index contributed by atoms with van der Waals surface area (Å²) in [4.78, 5) is 11.5. The van der Waals surface area contributed by atoms with Gasteiger partial charge in [-0.15, -0.1) is 0 Å². The second-order valence-corrected chi connectivity index (χ2v) is 6.42. The normalized spacial score (nSPS) is 14.7. The molecule has 108 valence electrons. The first kappa shape index (κ1) is 13.7. The maximum atomic E-state index is 12.8. The molecule has 2 aromatic rings. The maximum absolute atomic E-state index is 12.8. The number of fused-ring (bicyclic) bond motifs is 3. The fourth-order valence-corrected chi connectivity index (χ4v) is 3.67. The Morgan fingerprint density at radius 3 is 1.95 bits per heavy atom. The number of carbonyl (C=O) groups excluding carboxylic acids is 1. The molecule has 0 aromatic heterocycles. The van der Waals surface area contributed by atoms with Crippen LogP contribution in [0.5, 0.6) is 11.5 Å². The highest BCUT2D eigenvalue weighted by molar-refractivity contribution is 7.55. The van der Waals surface area contributed by atoms with Crippen molar-refractivity contribution in [2.24, 2.45) is 0 Å². The standard InChI is InChI=1S/C15H13O5P/c1-18-15(16)10-21(17)19-13-8-4-2-6-11(13)12-7-3-5-9-14(12)20-21/h2-9H,10H2,1H3. The first-order chi connectivity index (χ1) is 10.1. The largest absolute Gasteiger partial charge is 0.468 e. The molecule has 0 atom stereocenters. The van der Waals surface area contributed by atoms with E-state index in [2.05, 4.69) is 4.74 Å². The molecule has 21 heavy (non-hydrogen) atoms. The minimum Gasteiger partial charge on any atom is -0.468 e. The molecule has 6 heteroatoms. The van der Waals surface area contributed by atoms with Crippen molar-refractivity contribution in [1.82, 2.24) is 0 Å². The minimum atomic E-state index is -3.67. The van der Waals surface area contributed by atoms with Gasteiger partial charge >= 0.3 is 13.6 Å². The second-order valence-electron chi connectivity index (χ2n) is 4.52. The Morgan fingerprint density at radius 1 is 1.00 bits per heavy atom. The van der Waals surface area contributed by atoms with E-state index in [1.165, 1.54) is 7.11 Å². The lowest BCUT2D eigenvalue weighted by Gasteiger charge is -2.16. The summed E-state index contributed by atoms with van der Waals surface area (Å²) < 4.78 is 28.4. The van der Waals surface area contributed by atoms with Crippen molar-refractivity contribution in [3.63, 3.8) is 0 Å². The predicted octanol–water partition coefficient (Wildman–Crippen LogP) is 3.49. The molecule has 2 aromatic carbocycles. The van der Waals surface area contributed by atoms with Crippen molar-refractivity contribution in [2.75, 3.05) is 13.3 Å². The highest BCUT2D eigenvalue weighted by atomic mass is 31.2. The van der Waals surface area contributed by atoms with Gasteiger partial charge in [0.1, 0.15) is 11.5 Å². The summed E-state index contributed by atoms with van der Waals surface area (Å²) in [6, 6.07) is 14.4. The van der Waals surface area contributed by atoms with Gasteiger partial charge in [-0.1, -0.05) is 36.4 Å². The van der Waals surface area contributed by atoms with E-state index in [0.29, 0.717) is 11.5 Å². The molecule has 0 bridgehead atoms. The molecule has 0 saturated carbocycles. The highest BCUT2D eigenvalue weighted by Gasteiger charge is 2.36. The third kappa shape index (κ3) is 2.65. The van der Waals surface area contributed by atoms with Crippen LogP contribution in [0.3, 0.4) is 0 Å². The fourth-order valence-electron chi connectivity index (χ4n) is 2.14. The van der Waals surface area contributed by atoms with E-state index in [1.54, 1.807) is 24.3 Å². The molecule has 1 heterocycles. The van der Waals surface area contributed by atoms with E-state index in [9.17, 15) is 9.36 Å². The van der Waals surface area contributed by atoms with Crippen LogP contribution in [0.25, 0.3) is 11.1 Å². The van der Waals surface area contributed by atoms with Crippen molar-refractivity contribution in [3.05, 3.63) is 48.5 Å². The lowest BCUT2D eigenvalue weighted by Crippen LogP contribution is -2.13. The average Bonchev–Trinajstić information content (AvgIpc) is 2.60. The van der Waals surface area contributed by atoms with Gasteiger partial charge in [0, 0.05) is 11.1 Å². The van der Waals surface area contributed by atoms with Gasteiger partial charge in [0.25, 0.3) is 0 Å². The van der Waals surface area contributed by atoms with Crippen LogP contribution < -0.4 is 9.05 Å². The van der Waals surface area contributed by atoms with E-state index >= 15 is 0 Å². The Balaban J connectivity index is 2.13. The summed E-state index contributed by atoms with van der Waals surface area (Å²) in [5.41, 5.74) is 1.55. The van der Waals surface area contributed by atoms with Crippen LogP contribution in [-0.4, -0.2) is 19.2 Å². The lowest BCUT2D eigenvalue weighted by molar-refractivity contribution is -0.137. The molecule has 1 aliphatic heterocycles. The number of hydrogen-bond acceptors (Lipinski definition) is 5. The van der Waals surface area contributed by atoms with Gasteiger partial charge in [-0.05, 0) is 12.1 Å². The van der Waals surface area contributed by atoms with Crippen LogP contribution in [-0.2, 0) is 14.1 Å². The van der Waals surface area contributed by atoms with Crippen LogP contribution in [0.4, 0.5) is 0 Å². The summed E-state index contributed by atoms with van der Waals surface area (Å²) in [5, 5.41) is 0. The topological polar surface area (TPSA) is 61.8 Å². The SMILES string of the molecule is COC(=O)CP1(=O)Oc2ccccc2-c2ccccc2O1. The molecule has 0 radical (unpaired) electrons. The third-order valence-corrected chi connectivity index (χ3v) is 4.68. The van der Waals surface area contributed by atoms with E-state index in [4.69, 9.17) is 9.05 Å². The second kappa shape index (κ2) is 5.26. The molecule has 0 N–H and O–H groups in total. The molecule has 0 unspecified atom stereocenters. The van der Waals surface area contributed by atoms with Crippen LogP contribution in [0.2, 0.25) is 0 Å². The Morgan fingerprint density at radius 2 is 1.48 bits per heavy atom. The summed E-state index contributed by atoms with van der Waals surface area (Å²) in [6.07, 6.45) is -0.438. The van der Waals surface area contributed by atoms with Crippen molar-refractivity contribution in [3.8, 4) is 22.6 Å². The van der Waals surface area contributed by atoms with Crippen LogP contribution in [0.1, 0.15) is 0 Å². The third-order valence-electron chi connectivity index (χ3n) is 3.09. The number of esters is 1. The number of carbonyl (C=O) groups is 1. The number of para-hydroxylation sites is 2. The van der Waals surface area contributed by atoms with Crippen molar-refractivity contribution in [2.45, 2.75) is 0 Å². The monoisotopic (exact) mass is 304 g/mol. The molecule has 0 spiro atoms. The zero-order chi connectivity index (χ0) is 14.9. The molecular weight excluding hydrogens is 291 g/mol. The number of hydrogen-bond donors (Lipinski definition) is 0. The molecule has 0 fully saturated rings. The zero-order valence-electron chi connectivity index (χ0n) is 11.3.